The molecule has 0 atom stereocenters. The Bertz CT molecular complexity index is 1290. The SMILES string of the molecule is COc1ccc(Nc2nnc(-c3cccnc3N(C)c3ccc4c(c3)OCO4)[nH]2)c(OC)c1. The first-order valence-corrected chi connectivity index (χ1v) is 10.2. The molecule has 0 saturated heterocycles. The van der Waals surface area contributed by atoms with Gasteiger partial charge in [0.2, 0.25) is 12.7 Å². The van der Waals surface area contributed by atoms with E-state index in [9.17, 15) is 0 Å². The summed E-state index contributed by atoms with van der Waals surface area (Å²) in [7, 11) is 5.14. The molecule has 0 saturated carbocycles. The minimum Gasteiger partial charge on any atom is -0.497 e. The topological polar surface area (TPSA) is 107 Å². The number of hydrogen-bond donors (Lipinski definition) is 2. The van der Waals surface area contributed by atoms with Gasteiger partial charge in [-0.25, -0.2) is 4.98 Å². The highest BCUT2D eigenvalue weighted by molar-refractivity contribution is 5.77. The van der Waals surface area contributed by atoms with Crippen molar-refractivity contribution in [2.24, 2.45) is 0 Å². The minimum absolute atomic E-state index is 0.226. The number of aromatic amines is 1. The van der Waals surface area contributed by atoms with Crippen molar-refractivity contribution in [1.29, 1.82) is 0 Å². The number of benzene rings is 2. The zero-order valence-electron chi connectivity index (χ0n) is 18.3. The summed E-state index contributed by atoms with van der Waals surface area (Å²) in [6.45, 7) is 0.226. The summed E-state index contributed by atoms with van der Waals surface area (Å²) < 4.78 is 21.6. The van der Waals surface area contributed by atoms with Gasteiger partial charge in [-0.15, -0.1) is 10.2 Å². The Hall–Kier alpha value is -4.47. The molecule has 168 valence electrons. The van der Waals surface area contributed by atoms with Crippen molar-refractivity contribution in [3.63, 3.8) is 0 Å². The van der Waals surface area contributed by atoms with Crippen LogP contribution in [-0.2, 0) is 0 Å². The Morgan fingerprint density at radius 3 is 2.73 bits per heavy atom. The Kier molecular flexibility index (Phi) is 5.31. The van der Waals surface area contributed by atoms with E-state index in [0.717, 1.165) is 22.7 Å². The molecule has 0 unspecified atom stereocenters. The fourth-order valence-electron chi connectivity index (χ4n) is 3.53. The predicted octanol–water partition coefficient (Wildman–Crippen LogP) is 4.12. The maximum absolute atomic E-state index is 5.51. The van der Waals surface area contributed by atoms with Gasteiger partial charge in [-0.1, -0.05) is 0 Å². The smallest absolute Gasteiger partial charge is 0.231 e. The number of ether oxygens (including phenoxy) is 4. The second-order valence-corrected chi connectivity index (χ2v) is 7.18. The van der Waals surface area contributed by atoms with Gasteiger partial charge in [-0.3, -0.25) is 0 Å². The molecule has 0 amide bonds. The van der Waals surface area contributed by atoms with E-state index in [1.165, 1.54) is 0 Å². The highest BCUT2D eigenvalue weighted by atomic mass is 16.7. The highest BCUT2D eigenvalue weighted by Gasteiger charge is 2.19. The maximum Gasteiger partial charge on any atom is 0.231 e. The number of methoxy groups -OCH3 is 2. The van der Waals surface area contributed by atoms with Gasteiger partial charge in [0, 0.05) is 31.1 Å². The summed E-state index contributed by atoms with van der Waals surface area (Å²) in [5.74, 6) is 4.50. The van der Waals surface area contributed by atoms with E-state index >= 15 is 0 Å². The second-order valence-electron chi connectivity index (χ2n) is 7.18. The third-order valence-electron chi connectivity index (χ3n) is 5.25. The molecule has 1 aliphatic rings. The summed E-state index contributed by atoms with van der Waals surface area (Å²) in [4.78, 5) is 9.75. The largest absolute Gasteiger partial charge is 0.497 e. The molecule has 10 nitrogen and oxygen atoms in total. The molecule has 0 aliphatic carbocycles. The second kappa shape index (κ2) is 8.58. The lowest BCUT2D eigenvalue weighted by atomic mass is 10.2. The summed E-state index contributed by atoms with van der Waals surface area (Å²) in [5.41, 5.74) is 2.42. The lowest BCUT2D eigenvalue weighted by Gasteiger charge is -2.20. The molecule has 0 spiro atoms. The molecular formula is C23H22N6O4. The molecule has 0 fully saturated rings. The molecule has 10 heteroatoms. The van der Waals surface area contributed by atoms with Gasteiger partial charge in [0.15, 0.2) is 17.3 Å². The number of rotatable bonds is 7. The number of H-pyrrole nitrogens is 1. The van der Waals surface area contributed by atoms with Crippen LogP contribution in [0.2, 0.25) is 0 Å². The summed E-state index contributed by atoms with van der Waals surface area (Å²) in [6, 6.07) is 15.0. The number of nitrogens with one attached hydrogen (secondary N) is 2. The molecule has 2 N–H and O–H groups in total. The first-order chi connectivity index (χ1) is 16.2. The van der Waals surface area contributed by atoms with Gasteiger partial charge in [0.25, 0.3) is 0 Å². The van der Waals surface area contributed by atoms with Gasteiger partial charge in [-0.2, -0.15) is 0 Å². The first kappa shape index (κ1) is 20.4. The predicted molar refractivity (Wildman–Crippen MR) is 123 cm³/mol. The first-order valence-electron chi connectivity index (χ1n) is 10.2. The van der Waals surface area contributed by atoms with Gasteiger partial charge < -0.3 is 34.1 Å². The Morgan fingerprint density at radius 2 is 1.88 bits per heavy atom. The Balaban J connectivity index is 1.43. The van der Waals surface area contributed by atoms with Crippen LogP contribution < -0.4 is 29.2 Å². The Labute approximate surface area is 190 Å². The molecule has 2 aromatic heterocycles. The van der Waals surface area contributed by atoms with Crippen molar-refractivity contribution in [2.45, 2.75) is 0 Å². The normalized spacial score (nSPS) is 11.8. The molecule has 1 aliphatic heterocycles. The van der Waals surface area contributed by atoms with Crippen LogP contribution in [0.3, 0.4) is 0 Å². The van der Waals surface area contributed by atoms with Crippen molar-refractivity contribution in [2.75, 3.05) is 38.3 Å². The number of hydrogen-bond acceptors (Lipinski definition) is 9. The monoisotopic (exact) mass is 446 g/mol. The lowest BCUT2D eigenvalue weighted by Crippen LogP contribution is -2.12. The van der Waals surface area contributed by atoms with Gasteiger partial charge in [-0.05, 0) is 36.4 Å². The number of aromatic nitrogens is 4. The summed E-state index contributed by atoms with van der Waals surface area (Å²) >= 11 is 0. The molecule has 3 heterocycles. The van der Waals surface area contributed by atoms with Crippen LogP contribution in [0, 0.1) is 0 Å². The zero-order valence-corrected chi connectivity index (χ0v) is 18.3. The highest BCUT2D eigenvalue weighted by Crippen LogP contribution is 2.38. The molecule has 2 aromatic carbocycles. The van der Waals surface area contributed by atoms with E-state index in [4.69, 9.17) is 18.9 Å². The molecule has 33 heavy (non-hydrogen) atoms. The van der Waals surface area contributed by atoms with E-state index < -0.39 is 0 Å². The van der Waals surface area contributed by atoms with Crippen LogP contribution in [0.15, 0.2) is 54.7 Å². The molecule has 0 bridgehead atoms. The average molecular weight is 446 g/mol. The van der Waals surface area contributed by atoms with E-state index in [1.54, 1.807) is 26.5 Å². The Morgan fingerprint density at radius 1 is 1.00 bits per heavy atom. The number of pyridine rings is 1. The third-order valence-corrected chi connectivity index (χ3v) is 5.25. The van der Waals surface area contributed by atoms with Crippen LogP contribution >= 0.6 is 0 Å². The molecular weight excluding hydrogens is 424 g/mol. The van der Waals surface area contributed by atoms with Gasteiger partial charge >= 0.3 is 0 Å². The molecule has 5 rings (SSSR count). The zero-order chi connectivity index (χ0) is 22.8. The van der Waals surface area contributed by atoms with Crippen molar-refractivity contribution < 1.29 is 18.9 Å². The fourth-order valence-corrected chi connectivity index (χ4v) is 3.53. The van der Waals surface area contributed by atoms with Crippen LogP contribution in [-0.4, -0.2) is 48.2 Å². The fraction of sp³-hybridized carbons (Fsp3) is 0.174. The maximum atomic E-state index is 5.51. The number of anilines is 4. The molecule has 4 aromatic rings. The number of nitrogens with zero attached hydrogens (tertiary/aromatic N) is 4. The van der Waals surface area contributed by atoms with Crippen LogP contribution in [0.4, 0.5) is 23.1 Å². The standard InChI is InChI=1S/C23H22N6O4/c1-29(14-6-9-18-20(11-14)33-13-32-18)22-16(5-4-10-24-22)21-26-23(28-27-21)25-17-8-7-15(30-2)12-19(17)31-3/h4-12H,13H2,1-3H3,(H2,25,26,27,28). The van der Waals surface area contributed by atoms with Crippen LogP contribution in [0.5, 0.6) is 23.0 Å². The van der Waals surface area contributed by atoms with E-state index in [1.807, 2.05) is 54.4 Å². The van der Waals surface area contributed by atoms with E-state index in [0.29, 0.717) is 34.8 Å². The van der Waals surface area contributed by atoms with Crippen molar-refractivity contribution in [3.8, 4) is 34.4 Å². The average Bonchev–Trinajstić information content (AvgIpc) is 3.53. The molecule has 0 radical (unpaired) electrons. The van der Waals surface area contributed by atoms with E-state index in [2.05, 4.69) is 25.5 Å². The van der Waals surface area contributed by atoms with Crippen molar-refractivity contribution in [1.82, 2.24) is 20.2 Å². The van der Waals surface area contributed by atoms with E-state index in [-0.39, 0.29) is 6.79 Å². The summed E-state index contributed by atoms with van der Waals surface area (Å²) in [5, 5.41) is 11.8. The van der Waals surface area contributed by atoms with Crippen molar-refractivity contribution >= 4 is 23.1 Å². The van der Waals surface area contributed by atoms with Gasteiger partial charge in [0.1, 0.15) is 17.3 Å². The van der Waals surface area contributed by atoms with Crippen molar-refractivity contribution in [3.05, 3.63) is 54.7 Å². The minimum atomic E-state index is 0.226. The van der Waals surface area contributed by atoms with Gasteiger partial charge in [0.05, 0.1) is 25.5 Å². The van der Waals surface area contributed by atoms with Crippen LogP contribution in [0.1, 0.15) is 0 Å². The quantitative estimate of drug-likeness (QED) is 0.433. The summed E-state index contributed by atoms with van der Waals surface area (Å²) in [6.07, 6.45) is 1.74. The number of fused-ring (bicyclic) bond motifs is 1. The van der Waals surface area contributed by atoms with Crippen LogP contribution in [0.25, 0.3) is 11.4 Å². The lowest BCUT2D eigenvalue weighted by molar-refractivity contribution is 0.174. The third kappa shape index (κ3) is 3.93.